The Bertz CT molecular complexity index is 1170. The first-order chi connectivity index (χ1) is 17.2. The second kappa shape index (κ2) is 10.6. The van der Waals surface area contributed by atoms with Crippen LogP contribution in [0.2, 0.25) is 0 Å². The summed E-state index contributed by atoms with van der Waals surface area (Å²) in [4.78, 5) is 29.4. The first kappa shape index (κ1) is 22.9. The molecule has 1 fully saturated rings. The van der Waals surface area contributed by atoms with Gasteiger partial charge in [-0.05, 0) is 34.9 Å². The van der Waals surface area contributed by atoms with Gasteiger partial charge in [-0.15, -0.1) is 0 Å². The van der Waals surface area contributed by atoms with Gasteiger partial charge in [-0.1, -0.05) is 54.6 Å². The molecule has 180 valence electrons. The van der Waals surface area contributed by atoms with Crippen LogP contribution in [0.5, 0.6) is 11.5 Å². The predicted octanol–water partition coefficient (Wildman–Crippen LogP) is 3.20. The van der Waals surface area contributed by atoms with E-state index in [1.807, 2.05) is 35.2 Å². The third-order valence-electron chi connectivity index (χ3n) is 6.49. The number of hydrogen-bond acceptors (Lipinski definition) is 5. The molecule has 7 nitrogen and oxygen atoms in total. The van der Waals surface area contributed by atoms with Gasteiger partial charge in [0, 0.05) is 44.8 Å². The van der Waals surface area contributed by atoms with Gasteiger partial charge in [0.15, 0.2) is 11.5 Å². The summed E-state index contributed by atoms with van der Waals surface area (Å²) >= 11 is 0. The van der Waals surface area contributed by atoms with Gasteiger partial charge in [-0.2, -0.15) is 0 Å². The molecule has 1 N–H and O–H groups in total. The largest absolute Gasteiger partial charge is 0.454 e. The standard InChI is InChI=1S/C28H29N3O4/c32-27(18-21-6-8-23(9-7-21)22-4-2-1-3-5-22)31-16-14-30(15-17-31)13-12-29-28(33)24-10-11-25-26(19-24)35-20-34-25/h1-11,19H,12-18,20H2,(H,29,33). The number of carbonyl (C=O) groups is 2. The van der Waals surface area contributed by atoms with Crippen LogP contribution in [-0.2, 0) is 11.2 Å². The molecule has 7 heteroatoms. The molecular weight excluding hydrogens is 442 g/mol. The molecule has 2 amide bonds. The minimum atomic E-state index is -0.129. The average Bonchev–Trinajstić information content (AvgIpc) is 3.38. The Balaban J connectivity index is 1.03. The lowest BCUT2D eigenvalue weighted by Gasteiger charge is -2.34. The molecule has 1 saturated heterocycles. The van der Waals surface area contributed by atoms with Crippen molar-refractivity contribution >= 4 is 11.8 Å². The van der Waals surface area contributed by atoms with Crippen molar-refractivity contribution in [3.8, 4) is 22.6 Å². The van der Waals surface area contributed by atoms with Crippen LogP contribution >= 0.6 is 0 Å². The van der Waals surface area contributed by atoms with Gasteiger partial charge in [0.05, 0.1) is 6.42 Å². The molecule has 0 unspecified atom stereocenters. The zero-order chi connectivity index (χ0) is 24.0. The van der Waals surface area contributed by atoms with Gasteiger partial charge in [0.25, 0.3) is 5.91 Å². The highest BCUT2D eigenvalue weighted by Gasteiger charge is 2.21. The van der Waals surface area contributed by atoms with Crippen molar-refractivity contribution in [2.45, 2.75) is 6.42 Å². The summed E-state index contributed by atoms with van der Waals surface area (Å²) < 4.78 is 10.6. The van der Waals surface area contributed by atoms with E-state index in [2.05, 4.69) is 34.5 Å². The fourth-order valence-corrected chi connectivity index (χ4v) is 4.42. The van der Waals surface area contributed by atoms with Gasteiger partial charge in [0.2, 0.25) is 12.7 Å². The summed E-state index contributed by atoms with van der Waals surface area (Å²) in [6.07, 6.45) is 0.417. The smallest absolute Gasteiger partial charge is 0.251 e. The third kappa shape index (κ3) is 5.63. The number of ether oxygens (including phenoxy) is 2. The van der Waals surface area contributed by atoms with Crippen LogP contribution in [0.1, 0.15) is 15.9 Å². The molecule has 0 bridgehead atoms. The number of benzene rings is 3. The molecule has 0 saturated carbocycles. The van der Waals surface area contributed by atoms with E-state index in [1.54, 1.807) is 18.2 Å². The number of hydrogen-bond donors (Lipinski definition) is 1. The van der Waals surface area contributed by atoms with Gasteiger partial charge in [-0.3, -0.25) is 14.5 Å². The molecule has 2 heterocycles. The number of piperazine rings is 1. The lowest BCUT2D eigenvalue weighted by molar-refractivity contribution is -0.132. The molecule has 2 aliphatic rings. The zero-order valence-corrected chi connectivity index (χ0v) is 19.6. The highest BCUT2D eigenvalue weighted by Crippen LogP contribution is 2.32. The molecule has 0 aromatic heterocycles. The van der Waals surface area contributed by atoms with E-state index in [1.165, 1.54) is 5.56 Å². The summed E-state index contributed by atoms with van der Waals surface area (Å²) in [5.41, 5.74) is 3.92. The molecule has 3 aromatic rings. The number of nitrogens with one attached hydrogen (secondary N) is 1. The topological polar surface area (TPSA) is 71.1 Å². The first-order valence-electron chi connectivity index (χ1n) is 12.0. The molecular formula is C28H29N3O4. The lowest BCUT2D eigenvalue weighted by atomic mass is 10.0. The molecule has 2 aliphatic heterocycles. The second-order valence-corrected chi connectivity index (χ2v) is 8.79. The molecule has 0 atom stereocenters. The van der Waals surface area contributed by atoms with Crippen molar-refractivity contribution in [3.63, 3.8) is 0 Å². The van der Waals surface area contributed by atoms with Crippen LogP contribution in [0, 0.1) is 0 Å². The van der Waals surface area contributed by atoms with Crippen molar-refractivity contribution in [1.29, 1.82) is 0 Å². The van der Waals surface area contributed by atoms with E-state index in [0.717, 1.165) is 30.8 Å². The van der Waals surface area contributed by atoms with Crippen LogP contribution < -0.4 is 14.8 Å². The molecule has 3 aromatic carbocycles. The molecule has 0 spiro atoms. The second-order valence-electron chi connectivity index (χ2n) is 8.79. The first-order valence-corrected chi connectivity index (χ1v) is 12.0. The number of carbonyl (C=O) groups excluding carboxylic acids is 2. The van der Waals surface area contributed by atoms with Crippen molar-refractivity contribution in [1.82, 2.24) is 15.1 Å². The van der Waals surface area contributed by atoms with Crippen LogP contribution in [0.25, 0.3) is 11.1 Å². The summed E-state index contributed by atoms with van der Waals surface area (Å²) in [5, 5.41) is 2.96. The number of rotatable bonds is 7. The van der Waals surface area contributed by atoms with Crippen molar-refractivity contribution in [3.05, 3.63) is 83.9 Å². The highest BCUT2D eigenvalue weighted by atomic mass is 16.7. The Morgan fingerprint density at radius 2 is 1.51 bits per heavy atom. The minimum absolute atomic E-state index is 0.129. The van der Waals surface area contributed by atoms with E-state index < -0.39 is 0 Å². The SMILES string of the molecule is O=C(NCCN1CCN(C(=O)Cc2ccc(-c3ccccc3)cc2)CC1)c1ccc2c(c1)OCO2. The van der Waals surface area contributed by atoms with Crippen LogP contribution in [-0.4, -0.2) is 67.7 Å². The Hall–Kier alpha value is -3.84. The molecule has 0 radical (unpaired) electrons. The quantitative estimate of drug-likeness (QED) is 0.573. The summed E-state index contributed by atoms with van der Waals surface area (Å²) in [6, 6.07) is 23.7. The normalized spacial score (nSPS) is 15.1. The predicted molar refractivity (Wildman–Crippen MR) is 134 cm³/mol. The minimum Gasteiger partial charge on any atom is -0.454 e. The molecule has 35 heavy (non-hydrogen) atoms. The van der Waals surface area contributed by atoms with E-state index in [4.69, 9.17) is 9.47 Å². The maximum absolute atomic E-state index is 12.8. The molecule has 0 aliphatic carbocycles. The van der Waals surface area contributed by atoms with E-state index >= 15 is 0 Å². The maximum Gasteiger partial charge on any atom is 0.251 e. The van der Waals surface area contributed by atoms with Crippen LogP contribution in [0.15, 0.2) is 72.8 Å². The Morgan fingerprint density at radius 3 is 2.29 bits per heavy atom. The van der Waals surface area contributed by atoms with Crippen molar-refractivity contribution in [2.24, 2.45) is 0 Å². The zero-order valence-electron chi connectivity index (χ0n) is 19.6. The van der Waals surface area contributed by atoms with Gasteiger partial charge < -0.3 is 19.7 Å². The fourth-order valence-electron chi connectivity index (χ4n) is 4.42. The Kier molecular flexibility index (Phi) is 6.95. The van der Waals surface area contributed by atoms with Crippen molar-refractivity contribution in [2.75, 3.05) is 46.1 Å². The number of fused-ring (bicyclic) bond motifs is 1. The molecule has 5 rings (SSSR count). The third-order valence-corrected chi connectivity index (χ3v) is 6.49. The monoisotopic (exact) mass is 471 g/mol. The van der Waals surface area contributed by atoms with Crippen LogP contribution in [0.4, 0.5) is 0 Å². The maximum atomic E-state index is 12.8. The summed E-state index contributed by atoms with van der Waals surface area (Å²) in [7, 11) is 0. The van der Waals surface area contributed by atoms with E-state index in [-0.39, 0.29) is 18.6 Å². The van der Waals surface area contributed by atoms with E-state index in [9.17, 15) is 9.59 Å². The summed E-state index contributed by atoms with van der Waals surface area (Å²) in [6.45, 7) is 4.51. The number of amides is 2. The Morgan fingerprint density at radius 1 is 0.800 bits per heavy atom. The summed E-state index contributed by atoms with van der Waals surface area (Å²) in [5.74, 6) is 1.30. The van der Waals surface area contributed by atoms with Crippen molar-refractivity contribution < 1.29 is 19.1 Å². The lowest BCUT2D eigenvalue weighted by Crippen LogP contribution is -2.50. The fraction of sp³-hybridized carbons (Fsp3) is 0.286. The number of nitrogens with zero attached hydrogens (tertiary/aromatic N) is 2. The van der Waals surface area contributed by atoms with Gasteiger partial charge >= 0.3 is 0 Å². The highest BCUT2D eigenvalue weighted by molar-refractivity contribution is 5.94. The van der Waals surface area contributed by atoms with E-state index in [0.29, 0.717) is 43.1 Å². The van der Waals surface area contributed by atoms with Gasteiger partial charge in [-0.25, -0.2) is 0 Å². The Labute approximate surface area is 205 Å². The van der Waals surface area contributed by atoms with Gasteiger partial charge in [0.1, 0.15) is 0 Å². The van der Waals surface area contributed by atoms with Crippen LogP contribution in [0.3, 0.4) is 0 Å². The average molecular weight is 472 g/mol.